The molecule has 1 N–H and O–H groups in total. The molecule has 1 spiro atoms. The van der Waals surface area contributed by atoms with Crippen LogP contribution in [0.15, 0.2) is 0 Å². The van der Waals surface area contributed by atoms with Crippen LogP contribution < -0.4 is 5.32 Å². The Hall–Kier alpha value is -0.0800. The molecule has 0 amide bonds. The van der Waals surface area contributed by atoms with Gasteiger partial charge in [0.05, 0.1) is 12.2 Å². The molecule has 4 atom stereocenters. The lowest BCUT2D eigenvalue weighted by atomic mass is 9.57. The average Bonchev–Trinajstić information content (AvgIpc) is 2.71. The van der Waals surface area contributed by atoms with Crippen molar-refractivity contribution >= 4 is 0 Å². The summed E-state index contributed by atoms with van der Waals surface area (Å²) >= 11 is 0. The van der Waals surface area contributed by atoms with Crippen molar-refractivity contribution in [1.82, 2.24) is 5.32 Å². The monoisotopic (exact) mass is 279 g/mol. The van der Waals surface area contributed by atoms with Crippen molar-refractivity contribution in [3.63, 3.8) is 0 Å². The van der Waals surface area contributed by atoms with Gasteiger partial charge in [-0.25, -0.2) is 0 Å². The van der Waals surface area contributed by atoms with Crippen LogP contribution in [0.4, 0.5) is 0 Å². The summed E-state index contributed by atoms with van der Waals surface area (Å²) in [5.41, 5.74) is 0.478. The van der Waals surface area contributed by atoms with Crippen molar-refractivity contribution in [2.24, 2.45) is 11.3 Å². The molecule has 0 heterocycles. The van der Waals surface area contributed by atoms with Gasteiger partial charge in [0, 0.05) is 11.5 Å². The molecule has 3 saturated carbocycles. The SMILES string of the molecule is CNC1CC(OC2CCCC(C)C2)C12CCCCCC2. The minimum Gasteiger partial charge on any atom is -0.374 e. The highest BCUT2D eigenvalue weighted by Crippen LogP contribution is 2.53. The summed E-state index contributed by atoms with van der Waals surface area (Å²) in [5.74, 6) is 0.874. The van der Waals surface area contributed by atoms with Gasteiger partial charge in [0.2, 0.25) is 0 Å². The van der Waals surface area contributed by atoms with Gasteiger partial charge in [0.1, 0.15) is 0 Å². The highest BCUT2D eigenvalue weighted by molar-refractivity contribution is 5.08. The molecule has 0 aromatic carbocycles. The maximum Gasteiger partial charge on any atom is 0.0665 e. The fourth-order valence-electron chi connectivity index (χ4n) is 5.14. The molecule has 2 nitrogen and oxygen atoms in total. The number of hydrogen-bond acceptors (Lipinski definition) is 2. The van der Waals surface area contributed by atoms with Gasteiger partial charge < -0.3 is 10.1 Å². The molecule has 0 aromatic rings. The minimum absolute atomic E-state index is 0.478. The third-order valence-corrected chi connectivity index (χ3v) is 6.41. The normalized spacial score (nSPS) is 41.1. The van der Waals surface area contributed by atoms with Gasteiger partial charge in [-0.05, 0) is 45.1 Å². The van der Waals surface area contributed by atoms with Crippen LogP contribution in [0, 0.1) is 11.3 Å². The van der Waals surface area contributed by atoms with E-state index in [1.807, 2.05) is 0 Å². The van der Waals surface area contributed by atoms with Crippen molar-refractivity contribution in [3.8, 4) is 0 Å². The van der Waals surface area contributed by atoms with Gasteiger partial charge in [-0.3, -0.25) is 0 Å². The summed E-state index contributed by atoms with van der Waals surface area (Å²) in [5, 5.41) is 3.59. The molecule has 0 aliphatic heterocycles. The fraction of sp³-hybridized carbons (Fsp3) is 1.00. The van der Waals surface area contributed by atoms with E-state index in [0.29, 0.717) is 23.7 Å². The Kier molecular flexibility index (Phi) is 4.72. The van der Waals surface area contributed by atoms with Crippen molar-refractivity contribution in [1.29, 1.82) is 0 Å². The molecular weight excluding hydrogens is 246 g/mol. The van der Waals surface area contributed by atoms with E-state index >= 15 is 0 Å². The highest BCUT2D eigenvalue weighted by Gasteiger charge is 2.55. The predicted octanol–water partition coefficient (Wildman–Crippen LogP) is 4.28. The molecule has 2 heteroatoms. The first-order valence-corrected chi connectivity index (χ1v) is 9.07. The van der Waals surface area contributed by atoms with Crippen molar-refractivity contribution in [3.05, 3.63) is 0 Å². The van der Waals surface area contributed by atoms with Crippen LogP contribution >= 0.6 is 0 Å². The summed E-state index contributed by atoms with van der Waals surface area (Å²) in [4.78, 5) is 0. The Labute approximate surface area is 125 Å². The van der Waals surface area contributed by atoms with E-state index in [0.717, 1.165) is 5.92 Å². The fourth-order valence-corrected chi connectivity index (χ4v) is 5.14. The third kappa shape index (κ3) is 2.78. The van der Waals surface area contributed by atoms with Crippen LogP contribution in [-0.4, -0.2) is 25.3 Å². The average molecular weight is 279 g/mol. The molecule has 3 aliphatic carbocycles. The maximum absolute atomic E-state index is 6.64. The van der Waals surface area contributed by atoms with E-state index in [-0.39, 0.29) is 0 Å². The van der Waals surface area contributed by atoms with E-state index < -0.39 is 0 Å². The van der Waals surface area contributed by atoms with E-state index in [2.05, 4.69) is 19.3 Å². The van der Waals surface area contributed by atoms with Gasteiger partial charge in [-0.1, -0.05) is 45.4 Å². The molecule has 0 saturated heterocycles. The number of rotatable bonds is 3. The van der Waals surface area contributed by atoms with Crippen LogP contribution in [0.1, 0.15) is 77.6 Å². The van der Waals surface area contributed by atoms with Gasteiger partial charge in [0.25, 0.3) is 0 Å². The summed E-state index contributed by atoms with van der Waals surface area (Å²) in [6.45, 7) is 2.40. The van der Waals surface area contributed by atoms with Crippen molar-refractivity contribution < 1.29 is 4.74 Å². The molecule has 0 radical (unpaired) electrons. The standard InChI is InChI=1S/C18H33NO/c1-14-8-7-9-15(12-14)20-17-13-16(19-2)18(17)10-5-3-4-6-11-18/h14-17,19H,3-13H2,1-2H3. The number of nitrogens with one attached hydrogen (secondary N) is 1. The molecule has 3 rings (SSSR count). The smallest absolute Gasteiger partial charge is 0.0665 e. The van der Waals surface area contributed by atoms with Crippen LogP contribution in [0.5, 0.6) is 0 Å². The molecule has 20 heavy (non-hydrogen) atoms. The lowest BCUT2D eigenvalue weighted by molar-refractivity contribution is -0.176. The Morgan fingerprint density at radius 3 is 2.35 bits per heavy atom. The topological polar surface area (TPSA) is 21.3 Å². The van der Waals surface area contributed by atoms with E-state index in [4.69, 9.17) is 4.74 Å². The minimum atomic E-state index is 0.478. The summed E-state index contributed by atoms with van der Waals surface area (Å²) in [6, 6.07) is 0.714. The maximum atomic E-state index is 6.64. The zero-order valence-electron chi connectivity index (χ0n) is 13.5. The highest BCUT2D eigenvalue weighted by atomic mass is 16.5. The number of ether oxygens (including phenoxy) is 1. The summed E-state index contributed by atoms with van der Waals surface area (Å²) < 4.78 is 6.64. The summed E-state index contributed by atoms with van der Waals surface area (Å²) in [6.07, 6.45) is 16.2. The zero-order valence-corrected chi connectivity index (χ0v) is 13.5. The Bertz CT molecular complexity index is 309. The second kappa shape index (κ2) is 6.36. The first kappa shape index (κ1) is 14.8. The van der Waals surface area contributed by atoms with Crippen molar-refractivity contribution in [2.45, 2.75) is 95.8 Å². The molecular formula is C18H33NO. The van der Waals surface area contributed by atoms with Gasteiger partial charge >= 0.3 is 0 Å². The Morgan fingerprint density at radius 2 is 1.70 bits per heavy atom. The quantitative estimate of drug-likeness (QED) is 0.832. The van der Waals surface area contributed by atoms with Crippen LogP contribution in [-0.2, 0) is 4.74 Å². The Morgan fingerprint density at radius 1 is 0.950 bits per heavy atom. The second-order valence-electron chi connectivity index (χ2n) is 7.74. The molecule has 3 aliphatic rings. The molecule has 4 unspecified atom stereocenters. The molecule has 0 bridgehead atoms. The second-order valence-corrected chi connectivity index (χ2v) is 7.74. The first-order chi connectivity index (χ1) is 9.74. The first-order valence-electron chi connectivity index (χ1n) is 9.07. The lowest BCUT2D eigenvalue weighted by Crippen LogP contribution is -2.63. The van der Waals surface area contributed by atoms with Gasteiger partial charge in [0.15, 0.2) is 0 Å². The van der Waals surface area contributed by atoms with Gasteiger partial charge in [-0.15, -0.1) is 0 Å². The van der Waals surface area contributed by atoms with Crippen LogP contribution in [0.3, 0.4) is 0 Å². The zero-order chi connectivity index (χ0) is 14.0. The number of hydrogen-bond donors (Lipinski definition) is 1. The van der Waals surface area contributed by atoms with Gasteiger partial charge in [-0.2, -0.15) is 0 Å². The lowest BCUT2D eigenvalue weighted by Gasteiger charge is -2.57. The Balaban J connectivity index is 1.63. The van der Waals surface area contributed by atoms with E-state index in [9.17, 15) is 0 Å². The van der Waals surface area contributed by atoms with Crippen LogP contribution in [0.25, 0.3) is 0 Å². The predicted molar refractivity (Wildman–Crippen MR) is 83.9 cm³/mol. The van der Waals surface area contributed by atoms with Crippen molar-refractivity contribution in [2.75, 3.05) is 7.05 Å². The van der Waals surface area contributed by atoms with Crippen LogP contribution in [0.2, 0.25) is 0 Å². The molecule has 116 valence electrons. The van der Waals surface area contributed by atoms with E-state index in [1.54, 1.807) is 0 Å². The van der Waals surface area contributed by atoms with E-state index in [1.165, 1.54) is 70.6 Å². The largest absolute Gasteiger partial charge is 0.374 e. The summed E-state index contributed by atoms with van der Waals surface area (Å²) in [7, 11) is 2.15. The third-order valence-electron chi connectivity index (χ3n) is 6.41. The molecule has 0 aromatic heterocycles. The molecule has 3 fully saturated rings.